The van der Waals surface area contributed by atoms with Gasteiger partial charge in [0.2, 0.25) is 0 Å². The Balaban J connectivity index is 1.63. The van der Waals surface area contributed by atoms with Gasteiger partial charge in [-0.15, -0.1) is 0 Å². The van der Waals surface area contributed by atoms with Gasteiger partial charge in [-0.2, -0.15) is 0 Å². The number of anilines is 1. The zero-order valence-electron chi connectivity index (χ0n) is 17.9. The van der Waals surface area contributed by atoms with Crippen molar-refractivity contribution in [1.82, 2.24) is 0 Å². The summed E-state index contributed by atoms with van der Waals surface area (Å²) in [6.07, 6.45) is 1.16. The number of sulfonamides is 1. The number of esters is 1. The van der Waals surface area contributed by atoms with Crippen LogP contribution in [0, 0.1) is 0 Å². The van der Waals surface area contributed by atoms with Crippen LogP contribution in [0.1, 0.15) is 36.6 Å². The Labute approximate surface area is 208 Å². The van der Waals surface area contributed by atoms with Crippen molar-refractivity contribution in [2.45, 2.75) is 11.3 Å². The summed E-state index contributed by atoms with van der Waals surface area (Å²) in [6, 6.07) is 15.5. The molecule has 0 spiro atoms. The molecule has 0 aliphatic carbocycles. The summed E-state index contributed by atoms with van der Waals surface area (Å²) < 4.78 is 33.1. The van der Waals surface area contributed by atoms with Crippen molar-refractivity contribution in [3.05, 3.63) is 87.9 Å². The van der Waals surface area contributed by atoms with Gasteiger partial charge in [-0.05, 0) is 0 Å². The van der Waals surface area contributed by atoms with Crippen molar-refractivity contribution in [3.8, 4) is 0 Å². The third-order valence-electron chi connectivity index (χ3n) is 5.41. The average Bonchev–Trinajstić information content (AvgIpc) is 3.27. The van der Waals surface area contributed by atoms with Crippen molar-refractivity contribution in [2.24, 2.45) is 0 Å². The van der Waals surface area contributed by atoms with E-state index >= 15 is 0 Å². The monoisotopic (exact) mass is 559 g/mol. The number of hydrogen-bond acceptors (Lipinski definition) is 6. The van der Waals surface area contributed by atoms with Crippen LogP contribution >= 0.6 is 11.6 Å². The molecule has 1 aliphatic heterocycles. The molecule has 3 aromatic rings. The number of carbonyl (C=O) groups excluding carboxylic acids is 3. The van der Waals surface area contributed by atoms with Gasteiger partial charge in [0.05, 0.1) is 0 Å². The molecule has 0 saturated heterocycles. The molecule has 10 heteroatoms. The van der Waals surface area contributed by atoms with Crippen molar-refractivity contribution in [1.29, 1.82) is 0 Å². The number of rotatable bonds is 7. The first-order valence-corrected chi connectivity index (χ1v) is 14.1. The van der Waals surface area contributed by atoms with E-state index in [1.165, 1.54) is 41.7 Å². The first-order valence-electron chi connectivity index (χ1n) is 10.1. The van der Waals surface area contributed by atoms with Gasteiger partial charge in [-0.25, -0.2) is 0 Å². The van der Waals surface area contributed by atoms with Crippen LogP contribution in [0.25, 0.3) is 0 Å². The zero-order chi connectivity index (χ0) is 24.5. The fraction of sp³-hybridized carbons (Fsp3) is 0.125. The van der Waals surface area contributed by atoms with Gasteiger partial charge >= 0.3 is 209 Å². The van der Waals surface area contributed by atoms with E-state index in [1.807, 2.05) is 0 Å². The third-order valence-corrected chi connectivity index (χ3v) is 10.0. The Morgan fingerprint density at radius 3 is 2.62 bits per heavy atom. The van der Waals surface area contributed by atoms with E-state index in [9.17, 15) is 22.8 Å². The van der Waals surface area contributed by atoms with Crippen LogP contribution in [0.15, 0.2) is 65.6 Å². The number of nitrogens with zero attached hydrogens (tertiary/aromatic N) is 1. The van der Waals surface area contributed by atoms with Crippen molar-refractivity contribution < 1.29 is 27.5 Å². The molecule has 34 heavy (non-hydrogen) atoms. The van der Waals surface area contributed by atoms with Crippen LogP contribution in [-0.4, -0.2) is 54.7 Å². The van der Waals surface area contributed by atoms with Gasteiger partial charge in [0.15, 0.2) is 0 Å². The summed E-state index contributed by atoms with van der Waals surface area (Å²) in [5, 5.41) is 0.544. The maximum absolute atomic E-state index is 13.4. The fourth-order valence-electron chi connectivity index (χ4n) is 3.73. The van der Waals surface area contributed by atoms with Gasteiger partial charge < -0.3 is 0 Å². The topological polar surface area (TPSA) is 97.8 Å². The summed E-state index contributed by atoms with van der Waals surface area (Å²) in [6.45, 7) is 0.287. The molecule has 1 atom stereocenters. The normalized spacial score (nSPS) is 13.2. The van der Waals surface area contributed by atoms with Gasteiger partial charge in [0.25, 0.3) is 0 Å². The van der Waals surface area contributed by atoms with Crippen LogP contribution in [0.5, 0.6) is 0 Å². The van der Waals surface area contributed by atoms with Crippen LogP contribution in [0.2, 0.25) is 5.02 Å². The molecule has 0 aromatic heterocycles. The quantitative estimate of drug-likeness (QED) is 0.251. The summed E-state index contributed by atoms with van der Waals surface area (Å²) in [4.78, 5) is 36.3. The molecular weight excluding hydrogens is 541 g/mol. The second kappa shape index (κ2) is 9.74. The molecule has 1 aliphatic rings. The second-order valence-corrected chi connectivity index (χ2v) is 12.4. The van der Waals surface area contributed by atoms with Crippen molar-refractivity contribution >= 4 is 64.2 Å². The SMILES string of the molecule is COC(=O)c1cc(C=O)ccc1[AsH]C(=O)c1cccc(S(=O)(=O)N2CCc3cc(Cl)ccc32)c1. The number of aldehydes is 1. The minimum absolute atomic E-state index is 0.0113. The van der Waals surface area contributed by atoms with E-state index in [0.29, 0.717) is 33.3 Å². The number of ether oxygens (including phenoxy) is 1. The molecule has 1 unspecified atom stereocenters. The zero-order valence-corrected chi connectivity index (χ0v) is 21.6. The standard InChI is InChI=1S/C24H19AsClNO6S/c1-33-24(30)20-11-15(14-28)5-7-21(20)25-23(29)17-3-2-4-19(13-17)34(31,32)27-10-9-16-12-18(26)6-8-22(16)27/h2-8,11-14,25H,9-10H2,1H3. The van der Waals surface area contributed by atoms with E-state index in [-0.39, 0.29) is 27.1 Å². The Hall–Kier alpha value is -2.93. The van der Waals surface area contributed by atoms with Crippen LogP contribution < -0.4 is 8.66 Å². The predicted octanol–water partition coefficient (Wildman–Crippen LogP) is 2.59. The summed E-state index contributed by atoms with van der Waals surface area (Å²) in [7, 11) is -2.67. The molecular formula is C24H19AsClNO6S. The maximum atomic E-state index is 13.4. The van der Waals surface area contributed by atoms with Crippen molar-refractivity contribution in [3.63, 3.8) is 0 Å². The summed E-state index contributed by atoms with van der Waals surface area (Å²) in [5.74, 6) is -0.639. The van der Waals surface area contributed by atoms with E-state index in [0.717, 1.165) is 5.56 Å². The first-order chi connectivity index (χ1) is 16.2. The Morgan fingerprint density at radius 1 is 1.09 bits per heavy atom. The molecule has 0 bridgehead atoms. The second-order valence-electron chi connectivity index (χ2n) is 7.50. The van der Waals surface area contributed by atoms with E-state index in [2.05, 4.69) is 0 Å². The third kappa shape index (κ3) is 4.66. The Morgan fingerprint density at radius 2 is 1.88 bits per heavy atom. The van der Waals surface area contributed by atoms with Gasteiger partial charge in [-0.3, -0.25) is 0 Å². The van der Waals surface area contributed by atoms with Gasteiger partial charge in [0, 0.05) is 0 Å². The fourth-order valence-corrected chi connectivity index (χ4v) is 7.62. The van der Waals surface area contributed by atoms with Crippen LogP contribution in [0.3, 0.4) is 0 Å². The molecule has 4 rings (SSSR count). The summed E-state index contributed by atoms with van der Waals surface area (Å²) in [5.41, 5.74) is 2.13. The molecule has 7 nitrogen and oxygen atoms in total. The van der Waals surface area contributed by atoms with Crippen molar-refractivity contribution in [2.75, 3.05) is 18.0 Å². The minimum atomic E-state index is -3.89. The molecule has 174 valence electrons. The van der Waals surface area contributed by atoms with E-state index in [4.69, 9.17) is 16.3 Å². The molecule has 0 radical (unpaired) electrons. The molecule has 1 heterocycles. The number of halogens is 1. The van der Waals surface area contributed by atoms with Gasteiger partial charge in [-0.1, -0.05) is 0 Å². The number of benzene rings is 3. The molecule has 0 amide bonds. The Kier molecular flexibility index (Phi) is 6.93. The van der Waals surface area contributed by atoms with Crippen LogP contribution in [0.4, 0.5) is 5.69 Å². The molecule has 0 saturated carbocycles. The van der Waals surface area contributed by atoms with Crippen LogP contribution in [-0.2, 0) is 21.2 Å². The number of hydrogen-bond donors (Lipinski definition) is 0. The first kappa shape index (κ1) is 24.2. The molecule has 0 fully saturated rings. The number of fused-ring (bicyclic) bond motifs is 1. The molecule has 0 N–H and O–H groups in total. The molecule has 3 aromatic carbocycles. The average molecular weight is 560 g/mol. The summed E-state index contributed by atoms with van der Waals surface area (Å²) >= 11 is 4.49. The number of carbonyl (C=O) groups is 3. The van der Waals surface area contributed by atoms with Gasteiger partial charge in [0.1, 0.15) is 0 Å². The van der Waals surface area contributed by atoms with E-state index in [1.54, 1.807) is 30.3 Å². The Bertz CT molecular complexity index is 1420. The predicted molar refractivity (Wildman–Crippen MR) is 130 cm³/mol. The number of methoxy groups -OCH3 is 1. The van der Waals surface area contributed by atoms with E-state index < -0.39 is 31.7 Å².